The first-order valence-corrected chi connectivity index (χ1v) is 6.85. The molecule has 0 aromatic heterocycles. The molecule has 3 nitrogen and oxygen atoms in total. The number of para-hydroxylation sites is 1. The van der Waals surface area contributed by atoms with Gasteiger partial charge in [-0.2, -0.15) is 0 Å². The lowest BCUT2D eigenvalue weighted by atomic mass is 10.1. The fourth-order valence-electron chi connectivity index (χ4n) is 2.16. The van der Waals surface area contributed by atoms with Crippen molar-refractivity contribution in [3.63, 3.8) is 0 Å². The normalized spacial score (nSPS) is 19.8. The number of hydrogen-bond acceptors (Lipinski definition) is 3. The van der Waals surface area contributed by atoms with Crippen molar-refractivity contribution in [2.75, 3.05) is 20.3 Å². The molecule has 1 aliphatic heterocycles. The van der Waals surface area contributed by atoms with Crippen molar-refractivity contribution in [1.29, 1.82) is 0 Å². The quantitative estimate of drug-likeness (QED) is 0.891. The first-order chi connectivity index (χ1) is 8.81. The Balaban J connectivity index is 1.98. The number of benzene rings is 1. The lowest BCUT2D eigenvalue weighted by molar-refractivity contribution is -0.0112. The molecule has 1 unspecified atom stereocenters. The van der Waals surface area contributed by atoms with E-state index in [0.717, 1.165) is 37.3 Å². The third kappa shape index (κ3) is 3.61. The minimum atomic E-state index is 0.206. The van der Waals surface area contributed by atoms with Crippen molar-refractivity contribution in [3.8, 4) is 5.75 Å². The highest BCUT2D eigenvalue weighted by Crippen LogP contribution is 2.29. The summed E-state index contributed by atoms with van der Waals surface area (Å²) in [4.78, 5) is 0. The third-order valence-corrected chi connectivity index (χ3v) is 3.40. The van der Waals surface area contributed by atoms with Gasteiger partial charge in [-0.15, -0.1) is 0 Å². The lowest BCUT2D eigenvalue weighted by Crippen LogP contribution is -2.26. The highest BCUT2D eigenvalue weighted by atomic mass is 35.5. The molecule has 0 radical (unpaired) electrons. The van der Waals surface area contributed by atoms with Gasteiger partial charge < -0.3 is 14.8 Å². The fraction of sp³-hybridized carbons (Fsp3) is 0.571. The monoisotopic (exact) mass is 269 g/mol. The molecule has 1 heterocycles. The zero-order valence-electron chi connectivity index (χ0n) is 10.7. The van der Waals surface area contributed by atoms with Gasteiger partial charge in [-0.05, 0) is 32.4 Å². The Morgan fingerprint density at radius 2 is 2.33 bits per heavy atom. The summed E-state index contributed by atoms with van der Waals surface area (Å²) in [5.74, 6) is 0.780. The molecular formula is C14H20ClNO2. The van der Waals surface area contributed by atoms with E-state index in [1.54, 1.807) is 0 Å². The molecule has 1 aliphatic rings. The molecule has 1 atom stereocenters. The van der Waals surface area contributed by atoms with E-state index in [1.807, 2.05) is 25.2 Å². The predicted octanol–water partition coefficient (Wildman–Crippen LogP) is 3.01. The Labute approximate surface area is 113 Å². The van der Waals surface area contributed by atoms with Crippen LogP contribution < -0.4 is 10.1 Å². The maximum atomic E-state index is 6.19. The predicted molar refractivity (Wildman–Crippen MR) is 73.3 cm³/mol. The summed E-state index contributed by atoms with van der Waals surface area (Å²) in [5.41, 5.74) is 1.08. The SMILES string of the molecule is CNCc1cccc(Cl)c1OCC1CCCCO1. The summed E-state index contributed by atoms with van der Waals surface area (Å²) in [7, 11) is 1.91. The van der Waals surface area contributed by atoms with Crippen molar-refractivity contribution in [3.05, 3.63) is 28.8 Å². The van der Waals surface area contributed by atoms with Gasteiger partial charge in [-0.1, -0.05) is 23.7 Å². The average molecular weight is 270 g/mol. The van der Waals surface area contributed by atoms with Crippen LogP contribution in [0.3, 0.4) is 0 Å². The number of hydrogen-bond donors (Lipinski definition) is 1. The zero-order valence-corrected chi connectivity index (χ0v) is 11.5. The lowest BCUT2D eigenvalue weighted by Gasteiger charge is -2.23. The minimum absolute atomic E-state index is 0.206. The molecule has 1 aromatic carbocycles. The highest BCUT2D eigenvalue weighted by molar-refractivity contribution is 6.32. The van der Waals surface area contributed by atoms with E-state index in [2.05, 4.69) is 5.32 Å². The van der Waals surface area contributed by atoms with Crippen LogP contribution in [0.15, 0.2) is 18.2 Å². The molecule has 0 amide bonds. The second-order valence-electron chi connectivity index (χ2n) is 4.56. The van der Waals surface area contributed by atoms with E-state index in [4.69, 9.17) is 21.1 Å². The molecule has 4 heteroatoms. The largest absolute Gasteiger partial charge is 0.489 e. The molecule has 0 bridgehead atoms. The Hall–Kier alpha value is -0.770. The number of nitrogens with one attached hydrogen (secondary N) is 1. The molecule has 2 rings (SSSR count). The zero-order chi connectivity index (χ0) is 12.8. The highest BCUT2D eigenvalue weighted by Gasteiger charge is 2.16. The molecule has 100 valence electrons. The van der Waals surface area contributed by atoms with Gasteiger partial charge in [0.05, 0.1) is 11.1 Å². The van der Waals surface area contributed by atoms with Crippen molar-refractivity contribution in [2.24, 2.45) is 0 Å². The summed E-state index contributed by atoms with van der Waals surface area (Å²) in [6, 6.07) is 5.83. The van der Waals surface area contributed by atoms with Crippen molar-refractivity contribution in [1.82, 2.24) is 5.32 Å². The smallest absolute Gasteiger partial charge is 0.142 e. The molecular weight excluding hydrogens is 250 g/mol. The molecule has 1 aromatic rings. The maximum Gasteiger partial charge on any atom is 0.142 e. The van der Waals surface area contributed by atoms with Crippen LogP contribution in [0.2, 0.25) is 5.02 Å². The van der Waals surface area contributed by atoms with Crippen LogP contribution in [-0.4, -0.2) is 26.4 Å². The van der Waals surface area contributed by atoms with Gasteiger partial charge in [-0.3, -0.25) is 0 Å². The van der Waals surface area contributed by atoms with Crippen molar-refractivity contribution >= 4 is 11.6 Å². The van der Waals surface area contributed by atoms with E-state index in [0.29, 0.717) is 11.6 Å². The van der Waals surface area contributed by atoms with Gasteiger partial charge in [0, 0.05) is 18.7 Å². The van der Waals surface area contributed by atoms with Gasteiger partial charge in [0.15, 0.2) is 0 Å². The van der Waals surface area contributed by atoms with Crippen LogP contribution in [0.5, 0.6) is 5.75 Å². The summed E-state index contributed by atoms with van der Waals surface area (Å²) < 4.78 is 11.5. The third-order valence-electron chi connectivity index (χ3n) is 3.10. The van der Waals surface area contributed by atoms with E-state index in [9.17, 15) is 0 Å². The van der Waals surface area contributed by atoms with Crippen molar-refractivity contribution < 1.29 is 9.47 Å². The molecule has 0 aliphatic carbocycles. The summed E-state index contributed by atoms with van der Waals surface area (Å²) in [5, 5.41) is 3.79. The molecule has 0 spiro atoms. The molecule has 0 saturated carbocycles. The molecule has 18 heavy (non-hydrogen) atoms. The van der Waals surface area contributed by atoms with Crippen LogP contribution >= 0.6 is 11.6 Å². The Bertz CT molecular complexity index is 378. The van der Waals surface area contributed by atoms with E-state index < -0.39 is 0 Å². The van der Waals surface area contributed by atoms with Crippen LogP contribution in [-0.2, 0) is 11.3 Å². The minimum Gasteiger partial charge on any atom is -0.489 e. The summed E-state index contributed by atoms with van der Waals surface area (Å²) >= 11 is 6.19. The van der Waals surface area contributed by atoms with E-state index >= 15 is 0 Å². The molecule has 1 saturated heterocycles. The van der Waals surface area contributed by atoms with E-state index in [-0.39, 0.29) is 6.10 Å². The standard InChI is InChI=1S/C14H20ClNO2/c1-16-9-11-5-4-7-13(15)14(11)18-10-12-6-2-3-8-17-12/h4-5,7,12,16H,2-3,6,8-10H2,1H3. The average Bonchev–Trinajstić information content (AvgIpc) is 2.40. The Morgan fingerprint density at radius 1 is 1.44 bits per heavy atom. The van der Waals surface area contributed by atoms with Crippen molar-refractivity contribution in [2.45, 2.75) is 31.9 Å². The number of rotatable bonds is 5. The van der Waals surface area contributed by atoms with Gasteiger partial charge in [-0.25, -0.2) is 0 Å². The summed E-state index contributed by atoms with van der Waals surface area (Å²) in [6.45, 7) is 2.18. The summed E-state index contributed by atoms with van der Waals surface area (Å²) in [6.07, 6.45) is 3.66. The first-order valence-electron chi connectivity index (χ1n) is 6.47. The van der Waals surface area contributed by atoms with Gasteiger partial charge in [0.2, 0.25) is 0 Å². The Kier molecular flexibility index (Phi) is 5.29. The first kappa shape index (κ1) is 13.7. The van der Waals surface area contributed by atoms with E-state index in [1.165, 1.54) is 6.42 Å². The fourth-order valence-corrected chi connectivity index (χ4v) is 2.41. The second-order valence-corrected chi connectivity index (χ2v) is 4.97. The van der Waals surface area contributed by atoms with Gasteiger partial charge in [0.25, 0.3) is 0 Å². The van der Waals surface area contributed by atoms with Crippen LogP contribution in [0.25, 0.3) is 0 Å². The van der Waals surface area contributed by atoms with Crippen LogP contribution in [0.1, 0.15) is 24.8 Å². The Morgan fingerprint density at radius 3 is 3.06 bits per heavy atom. The van der Waals surface area contributed by atoms with Crippen LogP contribution in [0.4, 0.5) is 0 Å². The van der Waals surface area contributed by atoms with Gasteiger partial charge in [0.1, 0.15) is 12.4 Å². The molecule has 1 fully saturated rings. The van der Waals surface area contributed by atoms with Gasteiger partial charge >= 0.3 is 0 Å². The number of ether oxygens (including phenoxy) is 2. The topological polar surface area (TPSA) is 30.5 Å². The second kappa shape index (κ2) is 6.98. The van der Waals surface area contributed by atoms with Crippen LogP contribution in [0, 0.1) is 0 Å². The maximum absolute atomic E-state index is 6.19. The number of halogens is 1. The molecule has 1 N–H and O–H groups in total.